The molecule has 0 aliphatic heterocycles. The number of fused-ring (bicyclic) bond motifs is 2. The maximum Gasteiger partial charge on any atom is 0.250 e. The first-order chi connectivity index (χ1) is 13.3. The van der Waals surface area contributed by atoms with Gasteiger partial charge in [0.25, 0.3) is 0 Å². The minimum atomic E-state index is 0.217. The number of hydrazone groups is 2. The number of halogens is 1. The minimum absolute atomic E-state index is 0.217. The summed E-state index contributed by atoms with van der Waals surface area (Å²) in [4.78, 5) is 6.30. The van der Waals surface area contributed by atoms with Crippen LogP contribution in [0.1, 0.15) is 11.1 Å². The van der Waals surface area contributed by atoms with Crippen LogP contribution in [0.2, 0.25) is 0 Å². The first kappa shape index (κ1) is 16.9. The van der Waals surface area contributed by atoms with Crippen LogP contribution < -0.4 is 10.9 Å². The van der Waals surface area contributed by atoms with Crippen LogP contribution in [0.4, 0.5) is 0 Å². The molecule has 2 aromatic heterocycles. The third kappa shape index (κ3) is 3.99. The Kier molecular flexibility index (Phi) is 4.84. The maximum absolute atomic E-state index is 5.56. The van der Waals surface area contributed by atoms with Gasteiger partial charge in [0.05, 0.1) is 12.4 Å². The van der Waals surface area contributed by atoms with E-state index in [0.29, 0.717) is 0 Å². The van der Waals surface area contributed by atoms with Crippen molar-refractivity contribution in [2.45, 2.75) is 0 Å². The van der Waals surface area contributed by atoms with Gasteiger partial charge in [-0.3, -0.25) is 0 Å². The van der Waals surface area contributed by atoms with E-state index in [4.69, 9.17) is 11.8 Å². The first-order valence-corrected chi connectivity index (χ1v) is 8.57. The Balaban J connectivity index is 1.35. The number of guanidine groups is 1. The van der Waals surface area contributed by atoms with E-state index in [1.54, 1.807) is 12.4 Å². The molecular formula is C19H16ClN7. The third-order valence-corrected chi connectivity index (χ3v) is 4.18. The van der Waals surface area contributed by atoms with Crippen molar-refractivity contribution in [3.05, 3.63) is 72.1 Å². The lowest BCUT2D eigenvalue weighted by Crippen LogP contribution is -2.30. The van der Waals surface area contributed by atoms with Crippen molar-refractivity contribution in [2.75, 3.05) is 0 Å². The van der Waals surface area contributed by atoms with E-state index in [9.17, 15) is 0 Å². The molecule has 0 atom stereocenters. The molecule has 2 heterocycles. The molecule has 0 spiro atoms. The van der Waals surface area contributed by atoms with Gasteiger partial charge < -0.3 is 9.97 Å². The molecule has 4 N–H and O–H groups in total. The summed E-state index contributed by atoms with van der Waals surface area (Å²) in [6, 6.07) is 16.0. The number of nitrogens with zero attached hydrogens (tertiary/aromatic N) is 3. The Labute approximate surface area is 160 Å². The molecule has 0 amide bonds. The number of hydrogen-bond acceptors (Lipinski definition) is 3. The molecule has 4 aromatic rings. The van der Waals surface area contributed by atoms with Crippen LogP contribution in [0.3, 0.4) is 0 Å². The van der Waals surface area contributed by atoms with E-state index in [0.717, 1.165) is 32.9 Å². The Hall–Kier alpha value is -3.58. The Morgan fingerprint density at radius 1 is 0.778 bits per heavy atom. The predicted octanol–water partition coefficient (Wildman–Crippen LogP) is 3.71. The van der Waals surface area contributed by atoms with Crippen LogP contribution in [0.5, 0.6) is 0 Å². The summed E-state index contributed by atoms with van der Waals surface area (Å²) in [7, 11) is 0. The van der Waals surface area contributed by atoms with E-state index in [1.807, 2.05) is 60.9 Å². The van der Waals surface area contributed by atoms with Crippen molar-refractivity contribution < 1.29 is 0 Å². The highest BCUT2D eigenvalue weighted by atomic mass is 35.5. The van der Waals surface area contributed by atoms with Gasteiger partial charge in [0.15, 0.2) is 0 Å². The summed E-state index contributed by atoms with van der Waals surface area (Å²) in [5, 5.41) is 10.5. The fourth-order valence-electron chi connectivity index (χ4n) is 2.70. The number of aromatic amines is 2. The zero-order valence-corrected chi connectivity index (χ0v) is 14.9. The first-order valence-electron chi connectivity index (χ1n) is 8.23. The molecule has 0 unspecified atom stereocenters. The molecule has 27 heavy (non-hydrogen) atoms. The average Bonchev–Trinajstić information content (AvgIpc) is 3.35. The van der Waals surface area contributed by atoms with Gasteiger partial charge in [-0.15, -0.1) is 4.51 Å². The molecule has 0 saturated carbocycles. The fourth-order valence-corrected chi connectivity index (χ4v) is 2.78. The largest absolute Gasteiger partial charge is 0.361 e. The SMILES string of the molecule is ClN=C(N/N=C/c1ccc2[nH]ccc2c1)N/N=C/c1ccc2[nH]ccc2c1. The molecular weight excluding hydrogens is 362 g/mol. The van der Waals surface area contributed by atoms with Gasteiger partial charge in [-0.2, -0.15) is 10.2 Å². The number of rotatable bonds is 4. The lowest BCUT2D eigenvalue weighted by atomic mass is 10.2. The van der Waals surface area contributed by atoms with E-state index in [-0.39, 0.29) is 5.96 Å². The number of H-pyrrole nitrogens is 2. The highest BCUT2D eigenvalue weighted by molar-refractivity contribution is 6.19. The monoisotopic (exact) mass is 377 g/mol. The van der Waals surface area contributed by atoms with Crippen LogP contribution in [0.25, 0.3) is 21.8 Å². The second-order valence-electron chi connectivity index (χ2n) is 5.82. The minimum Gasteiger partial charge on any atom is -0.361 e. The highest BCUT2D eigenvalue weighted by Crippen LogP contribution is 2.13. The molecule has 4 rings (SSSR count). The molecule has 0 bridgehead atoms. The molecule has 134 valence electrons. The molecule has 0 radical (unpaired) electrons. The van der Waals surface area contributed by atoms with Crippen molar-refractivity contribution in [2.24, 2.45) is 14.7 Å². The summed E-state index contributed by atoms with van der Waals surface area (Å²) in [6.07, 6.45) is 7.16. The van der Waals surface area contributed by atoms with Crippen molar-refractivity contribution >= 4 is 52.0 Å². The zero-order valence-electron chi connectivity index (χ0n) is 14.1. The third-order valence-electron chi connectivity index (χ3n) is 4.01. The van der Waals surface area contributed by atoms with Gasteiger partial charge in [0.1, 0.15) is 0 Å². The van der Waals surface area contributed by atoms with Crippen LogP contribution in [-0.2, 0) is 0 Å². The summed E-state index contributed by atoms with van der Waals surface area (Å²) < 4.78 is 3.56. The van der Waals surface area contributed by atoms with E-state index >= 15 is 0 Å². The van der Waals surface area contributed by atoms with Gasteiger partial charge in [0, 0.05) is 35.2 Å². The second kappa shape index (κ2) is 7.76. The van der Waals surface area contributed by atoms with E-state index in [2.05, 4.69) is 35.5 Å². The molecule has 8 heteroatoms. The van der Waals surface area contributed by atoms with E-state index in [1.165, 1.54) is 0 Å². The van der Waals surface area contributed by atoms with Gasteiger partial charge >= 0.3 is 0 Å². The topological polar surface area (TPSA) is 92.7 Å². The van der Waals surface area contributed by atoms with Gasteiger partial charge in [0.2, 0.25) is 5.96 Å². The van der Waals surface area contributed by atoms with Gasteiger partial charge in [-0.05, 0) is 58.3 Å². The standard InChI is InChI=1S/C19H16ClN7/c20-25-19(26-23-11-13-1-3-17-15(9-13)5-7-21-17)27-24-12-14-2-4-18-16(10-14)6-8-22-18/h1-12,21-22H,(H2,25,26,27)/b23-11+,24-12+. The van der Waals surface area contributed by atoms with Crippen molar-refractivity contribution in [3.63, 3.8) is 0 Å². The Morgan fingerprint density at radius 2 is 1.30 bits per heavy atom. The summed E-state index contributed by atoms with van der Waals surface area (Å²) in [5.41, 5.74) is 9.51. The second-order valence-corrected chi connectivity index (χ2v) is 5.99. The Morgan fingerprint density at radius 3 is 1.78 bits per heavy atom. The lowest BCUT2D eigenvalue weighted by molar-refractivity contribution is 0.911. The molecule has 7 nitrogen and oxygen atoms in total. The highest BCUT2D eigenvalue weighted by Gasteiger charge is 1.97. The maximum atomic E-state index is 5.56. The quantitative estimate of drug-likeness (QED) is 0.248. The van der Waals surface area contributed by atoms with Gasteiger partial charge in [-0.1, -0.05) is 12.1 Å². The summed E-state index contributed by atoms with van der Waals surface area (Å²) >= 11 is 5.56. The van der Waals surface area contributed by atoms with Crippen LogP contribution in [0.15, 0.2) is 75.6 Å². The fraction of sp³-hybridized carbons (Fsp3) is 0. The van der Waals surface area contributed by atoms with Crippen molar-refractivity contribution in [1.29, 1.82) is 0 Å². The smallest absolute Gasteiger partial charge is 0.250 e. The predicted molar refractivity (Wildman–Crippen MR) is 111 cm³/mol. The lowest BCUT2D eigenvalue weighted by Gasteiger charge is -2.02. The Bertz CT molecular complexity index is 1070. The van der Waals surface area contributed by atoms with Crippen LogP contribution >= 0.6 is 11.8 Å². The number of nitrogens with one attached hydrogen (secondary N) is 4. The molecule has 0 saturated heterocycles. The normalized spacial score (nSPS) is 11.6. The van der Waals surface area contributed by atoms with Crippen molar-refractivity contribution in [3.8, 4) is 0 Å². The molecule has 0 aliphatic rings. The van der Waals surface area contributed by atoms with Gasteiger partial charge in [-0.25, -0.2) is 10.9 Å². The van der Waals surface area contributed by atoms with Crippen molar-refractivity contribution in [1.82, 2.24) is 20.8 Å². The molecule has 0 fully saturated rings. The number of benzene rings is 2. The summed E-state index contributed by atoms with van der Waals surface area (Å²) in [5.74, 6) is 0.217. The zero-order chi connectivity index (χ0) is 18.5. The van der Waals surface area contributed by atoms with Crippen LogP contribution in [-0.4, -0.2) is 28.4 Å². The van der Waals surface area contributed by atoms with E-state index < -0.39 is 0 Å². The number of hydrogen-bond donors (Lipinski definition) is 4. The number of aromatic nitrogens is 2. The molecule has 0 aliphatic carbocycles. The molecule has 2 aromatic carbocycles. The summed E-state index contributed by atoms with van der Waals surface area (Å²) in [6.45, 7) is 0. The van der Waals surface area contributed by atoms with Crippen LogP contribution in [0, 0.1) is 0 Å². The average molecular weight is 378 g/mol.